The minimum Gasteiger partial charge on any atom is -0.491 e. The highest BCUT2D eigenvalue weighted by molar-refractivity contribution is 5.94. The zero-order valence-electron chi connectivity index (χ0n) is 11.7. The number of fused-ring (bicyclic) bond motifs is 1. The number of hydrogen-bond donors (Lipinski definition) is 2. The predicted molar refractivity (Wildman–Crippen MR) is 77.4 cm³/mol. The van der Waals surface area contributed by atoms with Crippen LogP contribution in [-0.2, 0) is 11.2 Å². The van der Waals surface area contributed by atoms with Crippen molar-refractivity contribution in [1.82, 2.24) is 0 Å². The van der Waals surface area contributed by atoms with Gasteiger partial charge in [-0.1, -0.05) is 20.3 Å². The number of nitrogen functional groups attached to an aromatic ring is 1. The van der Waals surface area contributed by atoms with Crippen molar-refractivity contribution >= 4 is 17.3 Å². The van der Waals surface area contributed by atoms with Gasteiger partial charge >= 0.3 is 0 Å². The highest BCUT2D eigenvalue weighted by Crippen LogP contribution is 2.32. The number of nitrogens with two attached hydrogens (primary N) is 1. The number of carbonyl (C=O) groups excluding carboxylic acids is 1. The third kappa shape index (κ3) is 3.40. The van der Waals surface area contributed by atoms with Gasteiger partial charge in [0, 0.05) is 18.2 Å². The van der Waals surface area contributed by atoms with Gasteiger partial charge in [0.15, 0.2) is 0 Å². The van der Waals surface area contributed by atoms with Crippen LogP contribution in [0.1, 0.15) is 38.7 Å². The number of ether oxygens (including phenoxy) is 1. The Morgan fingerprint density at radius 3 is 2.95 bits per heavy atom. The molecule has 1 unspecified atom stereocenters. The van der Waals surface area contributed by atoms with Gasteiger partial charge in [-0.05, 0) is 30.4 Å². The van der Waals surface area contributed by atoms with Gasteiger partial charge < -0.3 is 15.8 Å². The number of carbonyl (C=O) groups is 1. The number of benzene rings is 1. The number of amides is 1. The van der Waals surface area contributed by atoms with Crippen LogP contribution >= 0.6 is 0 Å². The first-order valence-corrected chi connectivity index (χ1v) is 6.95. The molecule has 0 saturated heterocycles. The fourth-order valence-corrected chi connectivity index (χ4v) is 2.36. The summed E-state index contributed by atoms with van der Waals surface area (Å²) < 4.78 is 5.78. The molecule has 1 atom stereocenters. The summed E-state index contributed by atoms with van der Waals surface area (Å²) in [5.74, 6) is 1.24. The van der Waals surface area contributed by atoms with Crippen molar-refractivity contribution in [3.8, 4) is 5.75 Å². The topological polar surface area (TPSA) is 64.3 Å². The van der Waals surface area contributed by atoms with Crippen molar-refractivity contribution in [3.63, 3.8) is 0 Å². The van der Waals surface area contributed by atoms with E-state index in [0.717, 1.165) is 30.5 Å². The van der Waals surface area contributed by atoms with E-state index in [9.17, 15) is 4.79 Å². The summed E-state index contributed by atoms with van der Waals surface area (Å²) in [6.45, 7) is 4.99. The second-order valence-electron chi connectivity index (χ2n) is 5.30. The van der Waals surface area contributed by atoms with Gasteiger partial charge in [-0.2, -0.15) is 0 Å². The summed E-state index contributed by atoms with van der Waals surface area (Å²) in [6.07, 6.45) is 3.57. The molecule has 1 aromatic rings. The summed E-state index contributed by atoms with van der Waals surface area (Å²) in [6, 6.07) is 3.76. The van der Waals surface area contributed by atoms with E-state index in [0.29, 0.717) is 30.4 Å². The Morgan fingerprint density at radius 1 is 1.42 bits per heavy atom. The van der Waals surface area contributed by atoms with Crippen LogP contribution in [0.25, 0.3) is 0 Å². The van der Waals surface area contributed by atoms with Crippen LogP contribution < -0.4 is 15.8 Å². The van der Waals surface area contributed by atoms with E-state index in [2.05, 4.69) is 19.2 Å². The van der Waals surface area contributed by atoms with E-state index >= 15 is 0 Å². The number of hydrogen-bond acceptors (Lipinski definition) is 3. The van der Waals surface area contributed by atoms with Gasteiger partial charge in [0.25, 0.3) is 0 Å². The average Bonchev–Trinajstić information content (AvgIpc) is 2.37. The Kier molecular flexibility index (Phi) is 4.30. The second kappa shape index (κ2) is 5.95. The van der Waals surface area contributed by atoms with Crippen LogP contribution in [0.15, 0.2) is 12.1 Å². The predicted octanol–water partition coefficient (Wildman–Crippen LogP) is 2.97. The molecule has 1 aromatic carbocycles. The standard InChI is InChI=1S/C15H22N2O2/c1-3-4-10(2)9-19-14-8-13-11(7-12(14)16)5-6-15(18)17-13/h7-8,10H,3-6,9,16H2,1-2H3,(H,17,18). The molecule has 4 heteroatoms. The van der Waals surface area contributed by atoms with Gasteiger partial charge in [0.05, 0.1) is 12.3 Å². The van der Waals surface area contributed by atoms with Gasteiger partial charge in [-0.15, -0.1) is 0 Å². The minimum absolute atomic E-state index is 0.0579. The first-order valence-electron chi connectivity index (χ1n) is 6.95. The fourth-order valence-electron chi connectivity index (χ4n) is 2.36. The number of aryl methyl sites for hydroxylation is 1. The molecule has 0 saturated carbocycles. The molecule has 1 aliphatic heterocycles. The molecule has 4 nitrogen and oxygen atoms in total. The molecule has 1 heterocycles. The molecule has 0 aliphatic carbocycles. The average molecular weight is 262 g/mol. The summed E-state index contributed by atoms with van der Waals surface area (Å²) in [5, 5.41) is 2.87. The lowest BCUT2D eigenvalue weighted by atomic mass is 10.0. The molecule has 19 heavy (non-hydrogen) atoms. The molecule has 0 spiro atoms. The quantitative estimate of drug-likeness (QED) is 0.802. The van der Waals surface area contributed by atoms with E-state index in [1.807, 2.05) is 12.1 Å². The highest BCUT2D eigenvalue weighted by Gasteiger charge is 2.17. The third-order valence-electron chi connectivity index (χ3n) is 3.44. The largest absolute Gasteiger partial charge is 0.491 e. The van der Waals surface area contributed by atoms with Crippen LogP contribution in [-0.4, -0.2) is 12.5 Å². The lowest BCUT2D eigenvalue weighted by Crippen LogP contribution is -2.19. The SMILES string of the molecule is CCCC(C)COc1cc2c(cc1N)CCC(=O)N2. The van der Waals surface area contributed by atoms with Gasteiger partial charge in [-0.3, -0.25) is 4.79 Å². The number of nitrogens with one attached hydrogen (secondary N) is 1. The van der Waals surface area contributed by atoms with E-state index in [1.54, 1.807) is 0 Å². The van der Waals surface area contributed by atoms with Crippen LogP contribution in [0.5, 0.6) is 5.75 Å². The summed E-state index contributed by atoms with van der Waals surface area (Å²) >= 11 is 0. The summed E-state index contributed by atoms with van der Waals surface area (Å²) in [5.41, 5.74) is 8.58. The van der Waals surface area contributed by atoms with E-state index in [4.69, 9.17) is 10.5 Å². The maximum absolute atomic E-state index is 11.4. The van der Waals surface area contributed by atoms with Gasteiger partial charge in [-0.25, -0.2) is 0 Å². The first-order chi connectivity index (χ1) is 9.10. The monoisotopic (exact) mass is 262 g/mol. The lowest BCUT2D eigenvalue weighted by Gasteiger charge is -2.20. The zero-order valence-corrected chi connectivity index (χ0v) is 11.7. The molecular weight excluding hydrogens is 240 g/mol. The van der Waals surface area contributed by atoms with E-state index in [-0.39, 0.29) is 5.91 Å². The molecule has 104 valence electrons. The lowest BCUT2D eigenvalue weighted by molar-refractivity contribution is -0.116. The Hall–Kier alpha value is -1.71. The number of anilines is 2. The van der Waals surface area contributed by atoms with Crippen LogP contribution in [0.3, 0.4) is 0 Å². The van der Waals surface area contributed by atoms with Crippen molar-refractivity contribution < 1.29 is 9.53 Å². The number of rotatable bonds is 5. The minimum atomic E-state index is 0.0579. The Bertz CT molecular complexity index is 471. The van der Waals surface area contributed by atoms with Crippen molar-refractivity contribution in [1.29, 1.82) is 0 Å². The zero-order chi connectivity index (χ0) is 13.8. The molecule has 2 rings (SSSR count). The van der Waals surface area contributed by atoms with Crippen LogP contribution in [0.2, 0.25) is 0 Å². The Morgan fingerprint density at radius 2 is 2.21 bits per heavy atom. The van der Waals surface area contributed by atoms with E-state index < -0.39 is 0 Å². The second-order valence-corrected chi connectivity index (χ2v) is 5.30. The molecule has 1 amide bonds. The molecule has 3 N–H and O–H groups in total. The smallest absolute Gasteiger partial charge is 0.224 e. The van der Waals surface area contributed by atoms with Gasteiger partial charge in [0.1, 0.15) is 5.75 Å². The van der Waals surface area contributed by atoms with Crippen molar-refractivity contribution in [2.24, 2.45) is 5.92 Å². The van der Waals surface area contributed by atoms with E-state index in [1.165, 1.54) is 0 Å². The summed E-state index contributed by atoms with van der Waals surface area (Å²) in [7, 11) is 0. The maximum Gasteiger partial charge on any atom is 0.224 e. The third-order valence-corrected chi connectivity index (χ3v) is 3.44. The van der Waals surface area contributed by atoms with Crippen molar-refractivity contribution in [2.75, 3.05) is 17.7 Å². The molecule has 0 fully saturated rings. The summed E-state index contributed by atoms with van der Waals surface area (Å²) in [4.78, 5) is 11.4. The molecule has 0 radical (unpaired) electrons. The van der Waals surface area contributed by atoms with Crippen LogP contribution in [0, 0.1) is 5.92 Å². The highest BCUT2D eigenvalue weighted by atomic mass is 16.5. The Labute approximate surface area is 114 Å². The molecular formula is C15H22N2O2. The molecule has 1 aliphatic rings. The van der Waals surface area contributed by atoms with Gasteiger partial charge in [0.2, 0.25) is 5.91 Å². The van der Waals surface area contributed by atoms with Crippen molar-refractivity contribution in [2.45, 2.75) is 39.5 Å². The maximum atomic E-state index is 11.4. The fraction of sp³-hybridized carbons (Fsp3) is 0.533. The molecule has 0 aromatic heterocycles. The van der Waals surface area contributed by atoms with Crippen LogP contribution in [0.4, 0.5) is 11.4 Å². The first kappa shape index (κ1) is 13.7. The van der Waals surface area contributed by atoms with Crippen molar-refractivity contribution in [3.05, 3.63) is 17.7 Å². The normalized spacial score (nSPS) is 15.6. The molecule has 0 bridgehead atoms. The Balaban J connectivity index is 2.08.